The Morgan fingerprint density at radius 2 is 1.59 bits per heavy atom. The molecule has 2 heteroatoms. The molecule has 1 aromatic rings. The van der Waals surface area contributed by atoms with Gasteiger partial charge in [0.15, 0.2) is 0 Å². The van der Waals surface area contributed by atoms with Crippen molar-refractivity contribution in [1.82, 2.24) is 0 Å². The summed E-state index contributed by atoms with van der Waals surface area (Å²) in [5, 5.41) is 0. The molecular weight excluding hydrogens is 226 g/mol. The number of nitrogens with two attached hydrogens (primary N) is 1. The predicted octanol–water partition coefficient (Wildman–Crippen LogP) is 4.14. The molecule has 1 nitrogen and oxygen atoms in total. The normalized spacial score (nSPS) is 13.8. The van der Waals surface area contributed by atoms with Crippen LogP contribution in [0.15, 0.2) is 12.1 Å². The maximum Gasteiger partial charge on any atom is 0.0389 e. The summed E-state index contributed by atoms with van der Waals surface area (Å²) in [6.45, 7) is 13.2. The third-order valence-electron chi connectivity index (χ3n) is 2.98. The molecule has 0 aliphatic carbocycles. The highest BCUT2D eigenvalue weighted by molar-refractivity contribution is 8.00. The van der Waals surface area contributed by atoms with Gasteiger partial charge in [-0.1, -0.05) is 32.9 Å². The average Bonchev–Trinajstić information content (AvgIpc) is 2.19. The molecule has 0 fully saturated rings. The monoisotopic (exact) mass is 251 g/mol. The number of rotatable bonds is 3. The highest BCUT2D eigenvalue weighted by atomic mass is 32.2. The van der Waals surface area contributed by atoms with Crippen molar-refractivity contribution >= 4 is 11.8 Å². The van der Waals surface area contributed by atoms with Crippen LogP contribution in [0, 0.1) is 20.8 Å². The Morgan fingerprint density at radius 1 is 1.06 bits per heavy atom. The molecular formula is C15H25NS. The minimum Gasteiger partial charge on any atom is -0.323 e. The van der Waals surface area contributed by atoms with E-state index in [4.69, 9.17) is 5.73 Å². The first-order valence-corrected chi connectivity index (χ1v) is 7.16. The molecule has 1 aromatic carbocycles. The van der Waals surface area contributed by atoms with Gasteiger partial charge in [-0.15, -0.1) is 0 Å². The van der Waals surface area contributed by atoms with Crippen molar-refractivity contribution in [3.8, 4) is 0 Å². The summed E-state index contributed by atoms with van der Waals surface area (Å²) in [5.74, 6) is 0.979. The van der Waals surface area contributed by atoms with Gasteiger partial charge in [-0.2, -0.15) is 11.8 Å². The summed E-state index contributed by atoms with van der Waals surface area (Å²) in [7, 11) is 0. The zero-order valence-corrected chi connectivity index (χ0v) is 12.7. The fraction of sp³-hybridized carbons (Fsp3) is 0.600. The van der Waals surface area contributed by atoms with Crippen LogP contribution in [-0.4, -0.2) is 10.5 Å². The largest absolute Gasteiger partial charge is 0.323 e. The zero-order valence-electron chi connectivity index (χ0n) is 11.9. The zero-order chi connectivity index (χ0) is 13.2. The lowest BCUT2D eigenvalue weighted by Gasteiger charge is -2.22. The minimum atomic E-state index is 0.138. The lowest BCUT2D eigenvalue weighted by Crippen LogP contribution is -2.19. The van der Waals surface area contributed by atoms with E-state index in [0.717, 1.165) is 5.75 Å². The summed E-state index contributed by atoms with van der Waals surface area (Å²) < 4.78 is 0.283. The second-order valence-corrected chi connectivity index (χ2v) is 7.67. The van der Waals surface area contributed by atoms with Gasteiger partial charge in [0, 0.05) is 16.5 Å². The van der Waals surface area contributed by atoms with E-state index in [1.165, 1.54) is 22.3 Å². The van der Waals surface area contributed by atoms with E-state index in [9.17, 15) is 0 Å². The number of hydrogen-bond acceptors (Lipinski definition) is 2. The summed E-state index contributed by atoms with van der Waals surface area (Å²) in [6, 6.07) is 4.63. The van der Waals surface area contributed by atoms with Gasteiger partial charge in [-0.25, -0.2) is 0 Å². The van der Waals surface area contributed by atoms with Gasteiger partial charge < -0.3 is 5.73 Å². The van der Waals surface area contributed by atoms with Crippen LogP contribution in [0.1, 0.15) is 49.1 Å². The highest BCUT2D eigenvalue weighted by Gasteiger charge is 2.16. The highest BCUT2D eigenvalue weighted by Crippen LogP contribution is 2.29. The van der Waals surface area contributed by atoms with Gasteiger partial charge in [0.2, 0.25) is 0 Å². The van der Waals surface area contributed by atoms with Crippen LogP contribution in [0.25, 0.3) is 0 Å². The number of thioether (sulfide) groups is 1. The van der Waals surface area contributed by atoms with Gasteiger partial charge in [-0.05, 0) is 43.0 Å². The molecule has 0 saturated carbocycles. The summed E-state index contributed by atoms with van der Waals surface area (Å²) >= 11 is 1.93. The molecule has 0 heterocycles. The van der Waals surface area contributed by atoms with Crippen LogP contribution >= 0.6 is 11.8 Å². The molecule has 1 unspecified atom stereocenters. The molecule has 0 aromatic heterocycles. The Morgan fingerprint density at radius 3 is 2.12 bits per heavy atom. The second kappa shape index (κ2) is 5.45. The molecule has 17 heavy (non-hydrogen) atoms. The Bertz CT molecular complexity index is 391. The van der Waals surface area contributed by atoms with Crippen molar-refractivity contribution in [3.63, 3.8) is 0 Å². The van der Waals surface area contributed by atoms with Crippen molar-refractivity contribution in [2.24, 2.45) is 5.73 Å². The van der Waals surface area contributed by atoms with Crippen LogP contribution in [0.5, 0.6) is 0 Å². The fourth-order valence-electron chi connectivity index (χ4n) is 1.81. The fourth-order valence-corrected chi connectivity index (χ4v) is 2.67. The Hall–Kier alpha value is -0.470. The minimum absolute atomic E-state index is 0.138. The molecule has 1 atom stereocenters. The molecule has 2 N–H and O–H groups in total. The van der Waals surface area contributed by atoms with E-state index in [-0.39, 0.29) is 10.8 Å². The average molecular weight is 251 g/mol. The topological polar surface area (TPSA) is 26.0 Å². The van der Waals surface area contributed by atoms with Gasteiger partial charge in [0.25, 0.3) is 0 Å². The van der Waals surface area contributed by atoms with Crippen molar-refractivity contribution in [1.29, 1.82) is 0 Å². The molecule has 0 amide bonds. The van der Waals surface area contributed by atoms with E-state index in [1.807, 2.05) is 11.8 Å². The van der Waals surface area contributed by atoms with Crippen LogP contribution in [-0.2, 0) is 0 Å². The number of benzene rings is 1. The van der Waals surface area contributed by atoms with E-state index >= 15 is 0 Å². The van der Waals surface area contributed by atoms with Crippen molar-refractivity contribution in [3.05, 3.63) is 34.4 Å². The van der Waals surface area contributed by atoms with Gasteiger partial charge >= 0.3 is 0 Å². The first-order chi connectivity index (χ1) is 7.70. The first kappa shape index (κ1) is 14.6. The maximum atomic E-state index is 6.30. The first-order valence-electron chi connectivity index (χ1n) is 6.18. The summed E-state index contributed by atoms with van der Waals surface area (Å²) in [6.07, 6.45) is 0. The second-order valence-electron chi connectivity index (χ2n) is 5.82. The molecule has 0 saturated heterocycles. The van der Waals surface area contributed by atoms with Crippen LogP contribution in [0.2, 0.25) is 0 Å². The molecule has 0 bridgehead atoms. The summed E-state index contributed by atoms with van der Waals surface area (Å²) in [5.41, 5.74) is 11.6. The van der Waals surface area contributed by atoms with Crippen molar-refractivity contribution in [2.75, 3.05) is 5.75 Å². The molecule has 0 aliphatic heterocycles. The van der Waals surface area contributed by atoms with Crippen LogP contribution in [0.4, 0.5) is 0 Å². The number of hydrogen-bond donors (Lipinski definition) is 1. The van der Waals surface area contributed by atoms with Gasteiger partial charge in [-0.3, -0.25) is 0 Å². The number of aryl methyl sites for hydroxylation is 3. The third-order valence-corrected chi connectivity index (χ3v) is 4.37. The standard InChI is InChI=1S/C15H25NS/c1-10-7-12(3)13(8-11(10)2)14(16)9-17-15(4,5)6/h7-8,14H,9,16H2,1-6H3. The van der Waals surface area contributed by atoms with E-state index < -0.39 is 0 Å². The smallest absolute Gasteiger partial charge is 0.0389 e. The summed E-state index contributed by atoms with van der Waals surface area (Å²) in [4.78, 5) is 0. The van der Waals surface area contributed by atoms with Gasteiger partial charge in [0.05, 0.1) is 0 Å². The SMILES string of the molecule is Cc1cc(C)c(C(N)CSC(C)(C)C)cc1C. The quantitative estimate of drug-likeness (QED) is 0.873. The van der Waals surface area contributed by atoms with E-state index in [0.29, 0.717) is 0 Å². The molecule has 96 valence electrons. The van der Waals surface area contributed by atoms with Gasteiger partial charge in [0.1, 0.15) is 0 Å². The third kappa shape index (κ3) is 4.36. The lowest BCUT2D eigenvalue weighted by molar-refractivity contribution is 0.775. The van der Waals surface area contributed by atoms with E-state index in [2.05, 4.69) is 53.7 Å². The lowest BCUT2D eigenvalue weighted by atomic mass is 9.97. The van der Waals surface area contributed by atoms with Crippen molar-refractivity contribution < 1.29 is 0 Å². The molecule has 1 rings (SSSR count). The Balaban J connectivity index is 2.82. The van der Waals surface area contributed by atoms with Crippen LogP contribution in [0.3, 0.4) is 0 Å². The molecule has 0 aliphatic rings. The molecule has 0 spiro atoms. The molecule has 0 radical (unpaired) electrons. The maximum absolute atomic E-state index is 6.30. The Kier molecular flexibility index (Phi) is 4.68. The Labute approximate surface area is 110 Å². The van der Waals surface area contributed by atoms with Crippen molar-refractivity contribution in [2.45, 2.75) is 52.3 Å². The van der Waals surface area contributed by atoms with Crippen LogP contribution < -0.4 is 5.73 Å². The predicted molar refractivity (Wildman–Crippen MR) is 79.8 cm³/mol. The van der Waals surface area contributed by atoms with E-state index in [1.54, 1.807) is 0 Å².